The van der Waals surface area contributed by atoms with Crippen LogP contribution in [-0.4, -0.2) is 16.1 Å². The standard InChI is InChI=1S/C16H17NO3/c1-10(2)11-3-5-12(6-4-11)17-16(20)14-8-7-13(18)9-15(14)19/h3-10,18-19H,1-2H3,(H,17,20). The zero-order valence-corrected chi connectivity index (χ0v) is 11.4. The van der Waals surface area contributed by atoms with Gasteiger partial charge < -0.3 is 15.5 Å². The van der Waals surface area contributed by atoms with Gasteiger partial charge in [-0.2, -0.15) is 0 Å². The monoisotopic (exact) mass is 271 g/mol. The van der Waals surface area contributed by atoms with Crippen LogP contribution in [0.1, 0.15) is 35.7 Å². The number of amides is 1. The number of nitrogens with one attached hydrogen (secondary N) is 1. The summed E-state index contributed by atoms with van der Waals surface area (Å²) in [5.74, 6) is -0.317. The number of carbonyl (C=O) groups excluding carboxylic acids is 1. The van der Waals surface area contributed by atoms with E-state index in [1.165, 1.54) is 17.7 Å². The molecule has 0 aromatic heterocycles. The molecular formula is C16H17NO3. The van der Waals surface area contributed by atoms with Gasteiger partial charge in [-0.15, -0.1) is 0 Å². The van der Waals surface area contributed by atoms with Gasteiger partial charge in [0.25, 0.3) is 5.91 Å². The number of aromatic hydroxyl groups is 2. The number of carbonyl (C=O) groups is 1. The van der Waals surface area contributed by atoms with Gasteiger partial charge in [0.2, 0.25) is 0 Å². The zero-order valence-electron chi connectivity index (χ0n) is 11.4. The molecule has 2 aromatic rings. The summed E-state index contributed by atoms with van der Waals surface area (Å²) in [4.78, 5) is 12.0. The van der Waals surface area contributed by atoms with Crippen molar-refractivity contribution in [3.8, 4) is 11.5 Å². The number of rotatable bonds is 3. The molecule has 104 valence electrons. The number of phenols is 2. The molecule has 0 radical (unpaired) electrons. The van der Waals surface area contributed by atoms with Gasteiger partial charge in [0, 0.05) is 11.8 Å². The largest absolute Gasteiger partial charge is 0.508 e. The molecule has 0 aliphatic carbocycles. The molecule has 4 heteroatoms. The summed E-state index contributed by atoms with van der Waals surface area (Å²) in [7, 11) is 0. The minimum absolute atomic E-state index is 0.0830. The summed E-state index contributed by atoms with van der Waals surface area (Å²) in [6, 6.07) is 11.4. The van der Waals surface area contributed by atoms with Gasteiger partial charge in [0.05, 0.1) is 5.56 Å². The molecule has 20 heavy (non-hydrogen) atoms. The summed E-state index contributed by atoms with van der Waals surface area (Å²) in [5.41, 5.74) is 1.97. The lowest BCUT2D eigenvalue weighted by atomic mass is 10.0. The van der Waals surface area contributed by atoms with Crippen molar-refractivity contribution >= 4 is 11.6 Å². The Labute approximate surface area is 117 Å². The van der Waals surface area contributed by atoms with Crippen LogP contribution in [0.5, 0.6) is 11.5 Å². The summed E-state index contributed by atoms with van der Waals surface area (Å²) in [6.07, 6.45) is 0. The molecule has 2 aromatic carbocycles. The molecular weight excluding hydrogens is 254 g/mol. The highest BCUT2D eigenvalue weighted by Crippen LogP contribution is 2.24. The smallest absolute Gasteiger partial charge is 0.259 e. The fourth-order valence-electron chi connectivity index (χ4n) is 1.86. The first-order chi connectivity index (χ1) is 9.47. The Hall–Kier alpha value is -2.49. The Balaban J connectivity index is 2.15. The minimum atomic E-state index is -0.417. The maximum Gasteiger partial charge on any atom is 0.259 e. The third kappa shape index (κ3) is 3.09. The number of phenolic OH excluding ortho intramolecular Hbond substituents is 2. The lowest BCUT2D eigenvalue weighted by Crippen LogP contribution is -2.12. The van der Waals surface area contributed by atoms with Gasteiger partial charge in [0.1, 0.15) is 11.5 Å². The van der Waals surface area contributed by atoms with E-state index in [4.69, 9.17) is 0 Å². The van der Waals surface area contributed by atoms with Crippen molar-refractivity contribution in [2.24, 2.45) is 0 Å². The van der Waals surface area contributed by atoms with Crippen LogP contribution in [0.3, 0.4) is 0 Å². The van der Waals surface area contributed by atoms with Gasteiger partial charge in [0.15, 0.2) is 0 Å². The lowest BCUT2D eigenvalue weighted by molar-refractivity contribution is 0.102. The predicted octanol–water partition coefficient (Wildman–Crippen LogP) is 3.47. The second-order valence-corrected chi connectivity index (χ2v) is 4.93. The number of anilines is 1. The Kier molecular flexibility index (Phi) is 3.94. The number of hydrogen-bond donors (Lipinski definition) is 3. The second kappa shape index (κ2) is 5.65. The quantitative estimate of drug-likeness (QED) is 0.800. The molecule has 0 atom stereocenters. The van der Waals surface area contributed by atoms with Crippen LogP contribution in [0.25, 0.3) is 0 Å². The maximum absolute atomic E-state index is 12.0. The van der Waals surface area contributed by atoms with Gasteiger partial charge >= 0.3 is 0 Å². The molecule has 0 fully saturated rings. The van der Waals surface area contributed by atoms with E-state index in [2.05, 4.69) is 19.2 Å². The van der Waals surface area contributed by atoms with E-state index in [0.717, 1.165) is 6.07 Å². The SMILES string of the molecule is CC(C)c1ccc(NC(=O)c2ccc(O)cc2O)cc1. The molecule has 0 aliphatic rings. The van der Waals surface area contributed by atoms with Gasteiger partial charge in [-0.05, 0) is 35.7 Å². The van der Waals surface area contributed by atoms with Crippen molar-refractivity contribution in [1.29, 1.82) is 0 Å². The molecule has 4 nitrogen and oxygen atoms in total. The van der Waals surface area contributed by atoms with E-state index in [0.29, 0.717) is 11.6 Å². The molecule has 2 rings (SSSR count). The molecule has 0 heterocycles. The van der Waals surface area contributed by atoms with Gasteiger partial charge in [-0.25, -0.2) is 0 Å². The van der Waals surface area contributed by atoms with Gasteiger partial charge in [-0.3, -0.25) is 4.79 Å². The average molecular weight is 271 g/mol. The summed E-state index contributed by atoms with van der Waals surface area (Å²) >= 11 is 0. The minimum Gasteiger partial charge on any atom is -0.508 e. The predicted molar refractivity (Wildman–Crippen MR) is 78.3 cm³/mol. The molecule has 1 amide bonds. The first-order valence-corrected chi connectivity index (χ1v) is 6.40. The van der Waals surface area contributed by atoms with Gasteiger partial charge in [-0.1, -0.05) is 26.0 Å². The normalized spacial score (nSPS) is 10.6. The summed E-state index contributed by atoms with van der Waals surface area (Å²) < 4.78 is 0. The number of benzene rings is 2. The highest BCUT2D eigenvalue weighted by atomic mass is 16.3. The highest BCUT2D eigenvalue weighted by Gasteiger charge is 2.12. The van der Waals surface area contributed by atoms with Crippen LogP contribution >= 0.6 is 0 Å². The van der Waals surface area contributed by atoms with E-state index in [1.54, 1.807) is 0 Å². The molecule has 0 bridgehead atoms. The molecule has 3 N–H and O–H groups in total. The fraction of sp³-hybridized carbons (Fsp3) is 0.188. The third-order valence-corrected chi connectivity index (χ3v) is 3.06. The van der Waals surface area contributed by atoms with Crippen molar-refractivity contribution in [3.63, 3.8) is 0 Å². The van der Waals surface area contributed by atoms with Crippen molar-refractivity contribution in [3.05, 3.63) is 53.6 Å². The summed E-state index contributed by atoms with van der Waals surface area (Å²) in [5, 5.41) is 21.5. The van der Waals surface area contributed by atoms with Crippen LogP contribution < -0.4 is 5.32 Å². The zero-order chi connectivity index (χ0) is 14.7. The molecule has 0 saturated heterocycles. The highest BCUT2D eigenvalue weighted by molar-refractivity contribution is 6.06. The number of hydrogen-bond acceptors (Lipinski definition) is 3. The van der Waals surface area contributed by atoms with E-state index >= 15 is 0 Å². The van der Waals surface area contributed by atoms with E-state index in [9.17, 15) is 15.0 Å². The van der Waals surface area contributed by atoms with Crippen molar-refractivity contribution in [1.82, 2.24) is 0 Å². The Morgan fingerprint density at radius 2 is 1.70 bits per heavy atom. The van der Waals surface area contributed by atoms with Crippen LogP contribution in [0.4, 0.5) is 5.69 Å². The van der Waals surface area contributed by atoms with Crippen LogP contribution in [-0.2, 0) is 0 Å². The van der Waals surface area contributed by atoms with E-state index in [1.807, 2.05) is 24.3 Å². The molecule has 0 aliphatic heterocycles. The Morgan fingerprint density at radius 3 is 2.25 bits per heavy atom. The molecule has 0 spiro atoms. The van der Waals surface area contributed by atoms with Crippen molar-refractivity contribution in [2.45, 2.75) is 19.8 Å². The fourth-order valence-corrected chi connectivity index (χ4v) is 1.86. The third-order valence-electron chi connectivity index (χ3n) is 3.06. The Bertz CT molecular complexity index is 618. The van der Waals surface area contributed by atoms with Crippen molar-refractivity contribution < 1.29 is 15.0 Å². The van der Waals surface area contributed by atoms with Crippen LogP contribution in [0, 0.1) is 0 Å². The van der Waals surface area contributed by atoms with E-state index < -0.39 is 5.91 Å². The molecule has 0 unspecified atom stereocenters. The summed E-state index contributed by atoms with van der Waals surface area (Å²) in [6.45, 7) is 4.20. The Morgan fingerprint density at radius 1 is 1.05 bits per heavy atom. The second-order valence-electron chi connectivity index (χ2n) is 4.93. The van der Waals surface area contributed by atoms with Crippen LogP contribution in [0.2, 0.25) is 0 Å². The van der Waals surface area contributed by atoms with E-state index in [-0.39, 0.29) is 17.1 Å². The first-order valence-electron chi connectivity index (χ1n) is 6.40. The topological polar surface area (TPSA) is 69.6 Å². The average Bonchev–Trinajstić information content (AvgIpc) is 2.39. The molecule has 0 saturated carbocycles. The maximum atomic E-state index is 12.0. The lowest BCUT2D eigenvalue weighted by Gasteiger charge is -2.09. The van der Waals surface area contributed by atoms with Crippen molar-refractivity contribution in [2.75, 3.05) is 5.32 Å². The first kappa shape index (κ1) is 13.9. The van der Waals surface area contributed by atoms with Crippen LogP contribution in [0.15, 0.2) is 42.5 Å².